The number of hydrogen-bond donors (Lipinski definition) is 0. The van der Waals surface area contributed by atoms with E-state index < -0.39 is 0 Å². The van der Waals surface area contributed by atoms with Gasteiger partial charge in [0, 0.05) is 18.8 Å². The molecule has 4 rings (SSSR count). The van der Waals surface area contributed by atoms with Gasteiger partial charge >= 0.3 is 0 Å². The summed E-state index contributed by atoms with van der Waals surface area (Å²) in [5, 5.41) is 0.524. The van der Waals surface area contributed by atoms with Crippen LogP contribution in [0.3, 0.4) is 0 Å². The maximum atomic E-state index is 12.9. The highest BCUT2D eigenvalue weighted by atomic mass is 32.1. The van der Waals surface area contributed by atoms with Crippen molar-refractivity contribution in [2.75, 3.05) is 6.54 Å². The Balaban J connectivity index is 1.85. The Kier molecular flexibility index (Phi) is 3.64. The number of likely N-dealkylation sites (tertiary alicyclic amines) is 1. The fourth-order valence-corrected chi connectivity index (χ4v) is 4.38. The average molecular weight is 341 g/mol. The van der Waals surface area contributed by atoms with Crippen molar-refractivity contribution in [3.8, 4) is 0 Å². The van der Waals surface area contributed by atoms with Gasteiger partial charge in [0.2, 0.25) is 0 Å². The summed E-state index contributed by atoms with van der Waals surface area (Å²) in [6.45, 7) is 4.82. The first-order valence-corrected chi connectivity index (χ1v) is 9.10. The number of fused-ring (bicyclic) bond motifs is 2. The van der Waals surface area contributed by atoms with E-state index in [4.69, 9.17) is 0 Å². The highest BCUT2D eigenvalue weighted by Gasteiger charge is 2.26. The number of aromatic nitrogens is 2. The first-order valence-electron chi connectivity index (χ1n) is 8.29. The first kappa shape index (κ1) is 15.3. The zero-order valence-electron chi connectivity index (χ0n) is 13.8. The molecule has 0 aromatic carbocycles. The van der Waals surface area contributed by atoms with Gasteiger partial charge in [0.05, 0.1) is 10.3 Å². The van der Waals surface area contributed by atoms with Crippen molar-refractivity contribution in [3.05, 3.63) is 45.2 Å². The summed E-state index contributed by atoms with van der Waals surface area (Å²) < 4.78 is 1.56. The van der Waals surface area contributed by atoms with E-state index in [9.17, 15) is 9.59 Å². The molecule has 4 heterocycles. The molecular weight excluding hydrogens is 322 g/mol. The molecule has 0 aliphatic carbocycles. The van der Waals surface area contributed by atoms with Crippen LogP contribution in [0.15, 0.2) is 29.2 Å². The number of thiophene rings is 1. The van der Waals surface area contributed by atoms with Gasteiger partial charge in [0.1, 0.15) is 10.5 Å². The molecule has 0 N–H and O–H groups in total. The van der Waals surface area contributed by atoms with Crippen LogP contribution in [0, 0.1) is 6.92 Å². The molecular formula is C18H19N3O2S. The van der Waals surface area contributed by atoms with E-state index in [0.717, 1.165) is 24.9 Å². The van der Waals surface area contributed by atoms with Gasteiger partial charge in [-0.1, -0.05) is 6.07 Å². The van der Waals surface area contributed by atoms with Crippen LogP contribution in [0.5, 0.6) is 0 Å². The number of hydrogen-bond acceptors (Lipinski definition) is 4. The second kappa shape index (κ2) is 5.70. The normalized spacial score (nSPS) is 18.4. The number of nitrogens with zero attached hydrogens (tertiary/aromatic N) is 3. The summed E-state index contributed by atoms with van der Waals surface area (Å²) in [7, 11) is 0. The van der Waals surface area contributed by atoms with Crippen molar-refractivity contribution in [1.82, 2.24) is 14.3 Å². The second-order valence-electron chi connectivity index (χ2n) is 6.47. The lowest BCUT2D eigenvalue weighted by Crippen LogP contribution is -2.41. The maximum absolute atomic E-state index is 12.9. The van der Waals surface area contributed by atoms with E-state index in [1.807, 2.05) is 24.0 Å². The molecule has 0 saturated carbocycles. The number of aryl methyl sites for hydroxylation is 1. The summed E-state index contributed by atoms with van der Waals surface area (Å²) >= 11 is 1.32. The van der Waals surface area contributed by atoms with Crippen LogP contribution >= 0.6 is 11.3 Å². The Bertz CT molecular complexity index is 1000. The van der Waals surface area contributed by atoms with Crippen molar-refractivity contribution in [3.63, 3.8) is 0 Å². The summed E-state index contributed by atoms with van der Waals surface area (Å²) in [5.74, 6) is 0.0235. The maximum Gasteiger partial charge on any atom is 0.266 e. The lowest BCUT2D eigenvalue weighted by Gasteiger charge is -2.33. The number of piperidine rings is 1. The van der Waals surface area contributed by atoms with E-state index in [1.165, 1.54) is 17.8 Å². The summed E-state index contributed by atoms with van der Waals surface area (Å²) in [5.41, 5.74) is 1.49. The third-order valence-corrected chi connectivity index (χ3v) is 5.82. The molecule has 5 nitrogen and oxygen atoms in total. The summed E-state index contributed by atoms with van der Waals surface area (Å²) in [4.78, 5) is 33.4. The SMILES string of the molecule is Cc1cccn2c(=O)c3cc(C(=O)N4CCCC[C@@H]4C)sc3nc12. The van der Waals surface area contributed by atoms with Gasteiger partial charge in [-0.3, -0.25) is 14.0 Å². The minimum Gasteiger partial charge on any atom is -0.335 e. The third-order valence-electron chi connectivity index (χ3n) is 4.81. The standard InChI is InChI=1S/C18H19N3O2S/c1-11-6-5-9-21-15(11)19-16-13(17(21)22)10-14(24-16)18(23)20-8-4-3-7-12(20)2/h5-6,9-10,12H,3-4,7-8H2,1-2H3/t12-/m0/s1. The van der Waals surface area contributed by atoms with E-state index in [-0.39, 0.29) is 17.5 Å². The molecule has 1 fully saturated rings. The molecule has 1 aliphatic rings. The lowest BCUT2D eigenvalue weighted by atomic mass is 10.0. The van der Waals surface area contributed by atoms with Crippen LogP contribution in [-0.4, -0.2) is 32.8 Å². The van der Waals surface area contributed by atoms with Crippen LogP contribution in [0.4, 0.5) is 0 Å². The number of pyridine rings is 1. The van der Waals surface area contributed by atoms with Crippen molar-refractivity contribution < 1.29 is 4.79 Å². The molecule has 6 heteroatoms. The molecule has 0 bridgehead atoms. The largest absolute Gasteiger partial charge is 0.335 e. The second-order valence-corrected chi connectivity index (χ2v) is 7.51. The topological polar surface area (TPSA) is 54.7 Å². The van der Waals surface area contributed by atoms with Crippen molar-refractivity contribution in [2.45, 2.75) is 39.2 Å². The Morgan fingerprint density at radius 2 is 2.21 bits per heavy atom. The highest BCUT2D eigenvalue weighted by molar-refractivity contribution is 7.20. The Morgan fingerprint density at radius 3 is 3.00 bits per heavy atom. The molecule has 0 radical (unpaired) electrons. The molecule has 24 heavy (non-hydrogen) atoms. The van der Waals surface area contributed by atoms with Crippen molar-refractivity contribution in [2.24, 2.45) is 0 Å². The van der Waals surface area contributed by atoms with Gasteiger partial charge in [-0.05, 0) is 50.8 Å². The minimum absolute atomic E-state index is 0.0235. The lowest BCUT2D eigenvalue weighted by molar-refractivity contribution is 0.0641. The zero-order chi connectivity index (χ0) is 16.8. The minimum atomic E-state index is -0.110. The predicted octanol–water partition coefficient (Wildman–Crippen LogP) is 3.23. The molecule has 124 valence electrons. The van der Waals surface area contributed by atoms with Crippen LogP contribution < -0.4 is 5.56 Å². The van der Waals surface area contributed by atoms with E-state index in [0.29, 0.717) is 20.7 Å². The monoisotopic (exact) mass is 341 g/mol. The molecule has 3 aromatic rings. The van der Waals surface area contributed by atoms with Crippen molar-refractivity contribution in [1.29, 1.82) is 0 Å². The summed E-state index contributed by atoms with van der Waals surface area (Å²) in [6.07, 6.45) is 4.99. The van der Waals surface area contributed by atoms with Crippen LogP contribution in [0.2, 0.25) is 0 Å². The highest BCUT2D eigenvalue weighted by Crippen LogP contribution is 2.26. The van der Waals surface area contributed by atoms with Gasteiger partial charge < -0.3 is 4.90 Å². The average Bonchev–Trinajstić information content (AvgIpc) is 3.00. The molecule has 0 unspecified atom stereocenters. The number of amides is 1. The van der Waals surface area contributed by atoms with Crippen molar-refractivity contribution >= 4 is 33.1 Å². The van der Waals surface area contributed by atoms with Gasteiger partial charge in [-0.15, -0.1) is 11.3 Å². The third kappa shape index (κ3) is 2.33. The molecule has 1 aliphatic heterocycles. The van der Waals surface area contributed by atoms with Crippen LogP contribution in [0.1, 0.15) is 41.4 Å². The van der Waals surface area contributed by atoms with Crippen LogP contribution in [0.25, 0.3) is 15.9 Å². The van der Waals surface area contributed by atoms with Gasteiger partial charge in [0.15, 0.2) is 0 Å². The predicted molar refractivity (Wildman–Crippen MR) is 95.9 cm³/mol. The smallest absolute Gasteiger partial charge is 0.266 e. The summed E-state index contributed by atoms with van der Waals surface area (Å²) in [6, 6.07) is 5.74. The zero-order valence-corrected chi connectivity index (χ0v) is 14.6. The Morgan fingerprint density at radius 1 is 1.38 bits per heavy atom. The van der Waals surface area contributed by atoms with Gasteiger partial charge in [0.25, 0.3) is 11.5 Å². The molecule has 0 spiro atoms. The number of carbonyl (C=O) groups excluding carboxylic acids is 1. The van der Waals surface area contributed by atoms with E-state index >= 15 is 0 Å². The Labute approximate surface area is 143 Å². The fraction of sp³-hybridized carbons (Fsp3) is 0.389. The molecule has 1 atom stereocenters. The van der Waals surface area contributed by atoms with Gasteiger partial charge in [-0.2, -0.15) is 0 Å². The molecule has 3 aromatic heterocycles. The Hall–Kier alpha value is -2.21. The van der Waals surface area contributed by atoms with Gasteiger partial charge in [-0.25, -0.2) is 4.98 Å². The fourth-order valence-electron chi connectivity index (χ4n) is 3.40. The number of rotatable bonds is 1. The molecule has 1 saturated heterocycles. The van der Waals surface area contributed by atoms with E-state index in [1.54, 1.807) is 16.7 Å². The quantitative estimate of drug-likeness (QED) is 0.683. The number of carbonyl (C=O) groups is 1. The first-order chi connectivity index (χ1) is 11.6. The van der Waals surface area contributed by atoms with Crippen LogP contribution in [-0.2, 0) is 0 Å². The molecule has 1 amide bonds. The van der Waals surface area contributed by atoms with E-state index in [2.05, 4.69) is 11.9 Å².